The van der Waals surface area contributed by atoms with Gasteiger partial charge in [-0.25, -0.2) is 9.97 Å². The lowest BCUT2D eigenvalue weighted by molar-refractivity contribution is -0.118. The van der Waals surface area contributed by atoms with Crippen molar-refractivity contribution in [3.05, 3.63) is 36.0 Å². The summed E-state index contributed by atoms with van der Waals surface area (Å²) in [5, 5.41) is 5.49. The number of carbonyl (C=O) groups excluding carboxylic acids is 2. The van der Waals surface area contributed by atoms with Crippen molar-refractivity contribution in [1.29, 1.82) is 0 Å². The summed E-state index contributed by atoms with van der Waals surface area (Å²) in [6, 6.07) is 1.53. The summed E-state index contributed by atoms with van der Waals surface area (Å²) in [6.07, 6.45) is 4.72. The fraction of sp³-hybridized carbons (Fsp3) is 0.286. The zero-order valence-corrected chi connectivity index (χ0v) is 12.1. The normalized spacial score (nSPS) is 13.8. The van der Waals surface area contributed by atoms with Gasteiger partial charge in [-0.3, -0.25) is 9.59 Å². The molecule has 3 heterocycles. The minimum Gasteiger partial charge on any atom is -0.466 e. The Labute approximate surface area is 126 Å². The summed E-state index contributed by atoms with van der Waals surface area (Å²) in [5.41, 5.74) is 0.0415. The van der Waals surface area contributed by atoms with E-state index >= 15 is 0 Å². The average Bonchev–Trinajstić information content (AvgIpc) is 3.01. The number of rotatable bonds is 3. The first-order valence-corrected chi connectivity index (χ1v) is 6.71. The first-order valence-electron chi connectivity index (χ1n) is 6.71. The number of H-pyrrole nitrogens is 1. The number of ether oxygens (including phenoxy) is 1. The van der Waals surface area contributed by atoms with Crippen LogP contribution < -0.4 is 15.4 Å². The average molecular weight is 301 g/mol. The van der Waals surface area contributed by atoms with Crippen LogP contribution in [0.1, 0.15) is 30.0 Å². The minimum absolute atomic E-state index is 0.0724. The highest BCUT2D eigenvalue weighted by Gasteiger charge is 2.27. The highest BCUT2D eigenvalue weighted by Crippen LogP contribution is 2.26. The van der Waals surface area contributed by atoms with E-state index in [-0.39, 0.29) is 18.4 Å². The molecule has 22 heavy (non-hydrogen) atoms. The van der Waals surface area contributed by atoms with Gasteiger partial charge in [-0.1, -0.05) is 0 Å². The van der Waals surface area contributed by atoms with Gasteiger partial charge in [0.2, 0.25) is 5.88 Å². The lowest BCUT2D eigenvalue weighted by Gasteiger charge is -2.24. The summed E-state index contributed by atoms with van der Waals surface area (Å²) in [5.74, 6) is 0.351. The molecule has 3 rings (SSSR count). The monoisotopic (exact) mass is 301 g/mol. The van der Waals surface area contributed by atoms with Crippen molar-refractivity contribution < 1.29 is 14.3 Å². The highest BCUT2D eigenvalue weighted by molar-refractivity contribution is 5.99. The van der Waals surface area contributed by atoms with Gasteiger partial charge < -0.3 is 20.4 Å². The van der Waals surface area contributed by atoms with Crippen LogP contribution in [-0.4, -0.2) is 33.4 Å². The molecule has 0 radical (unpaired) electrons. The Morgan fingerprint density at radius 2 is 2.23 bits per heavy atom. The Balaban J connectivity index is 1.81. The van der Waals surface area contributed by atoms with Crippen LogP contribution in [0.25, 0.3) is 0 Å². The number of aromatic nitrogens is 3. The first-order chi connectivity index (χ1) is 10.5. The number of imidazole rings is 1. The van der Waals surface area contributed by atoms with Crippen LogP contribution in [-0.2, 0) is 10.3 Å². The Hall–Kier alpha value is -2.90. The Morgan fingerprint density at radius 1 is 1.41 bits per heavy atom. The van der Waals surface area contributed by atoms with Crippen molar-refractivity contribution in [2.45, 2.75) is 19.4 Å². The first kappa shape index (κ1) is 14.1. The quantitative estimate of drug-likeness (QED) is 0.777. The highest BCUT2D eigenvalue weighted by atomic mass is 16.5. The molecule has 8 nitrogen and oxygen atoms in total. The molecular formula is C14H15N5O3. The maximum absolute atomic E-state index is 12.4. The number of fused-ring (bicyclic) bond motifs is 1. The third-order valence-electron chi connectivity index (χ3n) is 3.24. The van der Waals surface area contributed by atoms with Gasteiger partial charge in [0.05, 0.1) is 11.1 Å². The van der Waals surface area contributed by atoms with E-state index in [1.54, 1.807) is 12.4 Å². The van der Waals surface area contributed by atoms with Crippen LogP contribution in [0.4, 0.5) is 5.69 Å². The van der Waals surface area contributed by atoms with Crippen LogP contribution in [0.5, 0.6) is 5.88 Å². The molecule has 0 unspecified atom stereocenters. The predicted molar refractivity (Wildman–Crippen MR) is 77.4 cm³/mol. The molecular weight excluding hydrogens is 286 g/mol. The largest absolute Gasteiger partial charge is 0.466 e. The standard InChI is InChI=1S/C14H15N5O3/c1-14(2,13-15-3-4-16-13)19-11(21)8-5-9-12(17-6-8)22-7-10(20)18-9/h3-6H,7H2,1-2H3,(H,15,16)(H,18,20)(H,19,21). The van der Waals surface area contributed by atoms with Gasteiger partial charge in [0.1, 0.15) is 11.5 Å². The molecule has 0 fully saturated rings. The smallest absolute Gasteiger partial charge is 0.262 e. The molecule has 1 aliphatic rings. The van der Waals surface area contributed by atoms with E-state index < -0.39 is 5.54 Å². The molecule has 2 aromatic rings. The molecule has 0 aromatic carbocycles. The van der Waals surface area contributed by atoms with Crippen LogP contribution in [0, 0.1) is 0 Å². The van der Waals surface area contributed by atoms with Gasteiger partial charge in [0.15, 0.2) is 6.61 Å². The lowest BCUT2D eigenvalue weighted by atomic mass is 10.0. The van der Waals surface area contributed by atoms with E-state index in [0.717, 1.165) is 0 Å². The van der Waals surface area contributed by atoms with E-state index in [1.807, 2.05) is 13.8 Å². The van der Waals surface area contributed by atoms with Crippen LogP contribution in [0.15, 0.2) is 24.7 Å². The van der Waals surface area contributed by atoms with Gasteiger partial charge in [-0.2, -0.15) is 0 Å². The Bertz CT molecular complexity index is 724. The van der Waals surface area contributed by atoms with Crippen molar-refractivity contribution in [3.8, 4) is 5.88 Å². The number of aromatic amines is 1. The molecule has 8 heteroatoms. The van der Waals surface area contributed by atoms with Gasteiger partial charge in [-0.05, 0) is 19.9 Å². The maximum atomic E-state index is 12.4. The summed E-state index contributed by atoms with van der Waals surface area (Å²) < 4.78 is 5.16. The summed E-state index contributed by atoms with van der Waals surface area (Å²) >= 11 is 0. The number of anilines is 1. The van der Waals surface area contributed by atoms with Gasteiger partial charge in [0.25, 0.3) is 11.8 Å². The van der Waals surface area contributed by atoms with Crippen molar-refractivity contribution in [2.75, 3.05) is 11.9 Å². The fourth-order valence-corrected chi connectivity index (χ4v) is 2.12. The second kappa shape index (κ2) is 5.14. The van der Waals surface area contributed by atoms with Crippen molar-refractivity contribution in [2.24, 2.45) is 0 Å². The molecule has 0 saturated carbocycles. The second-order valence-electron chi connectivity index (χ2n) is 5.43. The Kier molecular flexibility index (Phi) is 3.28. The van der Waals surface area contributed by atoms with Crippen LogP contribution in [0.3, 0.4) is 0 Å². The van der Waals surface area contributed by atoms with Crippen LogP contribution >= 0.6 is 0 Å². The van der Waals surface area contributed by atoms with E-state index in [2.05, 4.69) is 25.6 Å². The number of nitrogens with one attached hydrogen (secondary N) is 3. The van der Waals surface area contributed by atoms with Gasteiger partial charge in [0, 0.05) is 18.6 Å². The lowest BCUT2D eigenvalue weighted by Crippen LogP contribution is -2.42. The third-order valence-corrected chi connectivity index (χ3v) is 3.24. The van der Waals surface area contributed by atoms with Crippen LogP contribution in [0.2, 0.25) is 0 Å². The molecule has 0 bridgehead atoms. The molecule has 114 valence electrons. The van der Waals surface area contributed by atoms with Crippen molar-refractivity contribution in [1.82, 2.24) is 20.3 Å². The van der Waals surface area contributed by atoms with Crippen molar-refractivity contribution >= 4 is 17.5 Å². The zero-order chi connectivity index (χ0) is 15.7. The summed E-state index contributed by atoms with van der Waals surface area (Å²) in [7, 11) is 0. The molecule has 0 saturated heterocycles. The molecule has 1 aliphatic heterocycles. The Morgan fingerprint density at radius 3 is 2.95 bits per heavy atom. The summed E-state index contributed by atoms with van der Waals surface area (Å²) in [6.45, 7) is 3.60. The fourth-order valence-electron chi connectivity index (χ4n) is 2.12. The number of carbonyl (C=O) groups is 2. The van der Waals surface area contributed by atoms with Gasteiger partial charge >= 0.3 is 0 Å². The van der Waals surface area contributed by atoms with E-state index in [0.29, 0.717) is 23.0 Å². The van der Waals surface area contributed by atoms with E-state index in [4.69, 9.17) is 4.74 Å². The number of hydrogen-bond donors (Lipinski definition) is 3. The van der Waals surface area contributed by atoms with E-state index in [9.17, 15) is 9.59 Å². The number of amides is 2. The molecule has 2 aromatic heterocycles. The van der Waals surface area contributed by atoms with E-state index in [1.165, 1.54) is 12.3 Å². The minimum atomic E-state index is -0.670. The molecule has 2 amide bonds. The SMILES string of the molecule is CC(C)(NC(=O)c1cnc2c(c1)NC(=O)CO2)c1ncc[nH]1. The van der Waals surface area contributed by atoms with Crippen molar-refractivity contribution in [3.63, 3.8) is 0 Å². The predicted octanol–water partition coefficient (Wildman–Crippen LogP) is 0.801. The molecule has 0 atom stereocenters. The molecule has 0 spiro atoms. The molecule has 3 N–H and O–H groups in total. The number of pyridine rings is 1. The topological polar surface area (TPSA) is 109 Å². The number of hydrogen-bond acceptors (Lipinski definition) is 5. The zero-order valence-electron chi connectivity index (χ0n) is 12.1. The second-order valence-corrected chi connectivity index (χ2v) is 5.43. The molecule has 0 aliphatic carbocycles. The van der Waals surface area contributed by atoms with Gasteiger partial charge in [-0.15, -0.1) is 0 Å². The number of nitrogens with zero attached hydrogens (tertiary/aromatic N) is 2. The maximum Gasteiger partial charge on any atom is 0.262 e. The summed E-state index contributed by atoms with van der Waals surface area (Å²) in [4.78, 5) is 34.9. The third kappa shape index (κ3) is 2.62.